The fourth-order valence-corrected chi connectivity index (χ4v) is 3.58. The van der Waals surface area contributed by atoms with Crippen LogP contribution in [0, 0.1) is 0 Å². The third kappa shape index (κ3) is 2.99. The molecule has 7 heteroatoms. The lowest BCUT2D eigenvalue weighted by Crippen LogP contribution is -2.12. The minimum Gasteiger partial charge on any atom is -0.457 e. The van der Waals surface area contributed by atoms with Gasteiger partial charge < -0.3 is 9.73 Å². The minimum atomic E-state index is -0.278. The van der Waals surface area contributed by atoms with Crippen molar-refractivity contribution in [3.8, 4) is 0 Å². The monoisotopic (exact) mass is 455 g/mol. The molecule has 2 aromatic rings. The van der Waals surface area contributed by atoms with E-state index in [0.717, 1.165) is 0 Å². The quantitative estimate of drug-likeness (QED) is 0.649. The standard InChI is InChI=1S/C11H5Br3ClNO2/c12-7-3-5(15)4-8(13)9(7)16-11(17)6-1-2-18-10(6)14/h1-4H,(H,16,17). The Bertz CT molecular complexity index is 589. The van der Waals surface area contributed by atoms with Crippen LogP contribution in [0.3, 0.4) is 0 Å². The Morgan fingerprint density at radius 2 is 1.83 bits per heavy atom. The van der Waals surface area contributed by atoms with Crippen LogP contribution in [0.2, 0.25) is 5.02 Å². The van der Waals surface area contributed by atoms with E-state index >= 15 is 0 Å². The Labute approximate surface area is 133 Å². The third-order valence-electron chi connectivity index (χ3n) is 2.11. The van der Waals surface area contributed by atoms with Crippen LogP contribution in [0.25, 0.3) is 0 Å². The summed E-state index contributed by atoms with van der Waals surface area (Å²) in [7, 11) is 0. The van der Waals surface area contributed by atoms with Gasteiger partial charge in [-0.1, -0.05) is 11.6 Å². The van der Waals surface area contributed by atoms with Gasteiger partial charge in [-0.05, 0) is 66.0 Å². The van der Waals surface area contributed by atoms with E-state index in [2.05, 4.69) is 53.1 Å². The van der Waals surface area contributed by atoms with Crippen LogP contribution < -0.4 is 5.32 Å². The van der Waals surface area contributed by atoms with Crippen molar-refractivity contribution in [1.29, 1.82) is 0 Å². The molecule has 18 heavy (non-hydrogen) atoms. The maximum absolute atomic E-state index is 12.0. The number of carbonyl (C=O) groups excluding carboxylic acids is 1. The Hall–Kier alpha value is -0.300. The van der Waals surface area contributed by atoms with E-state index in [1.807, 2.05) is 0 Å². The summed E-state index contributed by atoms with van der Waals surface area (Å²) in [6.07, 6.45) is 1.44. The van der Waals surface area contributed by atoms with Crippen molar-refractivity contribution in [3.63, 3.8) is 0 Å². The number of rotatable bonds is 2. The first-order valence-corrected chi connectivity index (χ1v) is 7.43. The summed E-state index contributed by atoms with van der Waals surface area (Å²) in [6.45, 7) is 0. The Morgan fingerprint density at radius 1 is 1.22 bits per heavy atom. The normalized spacial score (nSPS) is 10.4. The van der Waals surface area contributed by atoms with Gasteiger partial charge in [0.05, 0.1) is 17.5 Å². The molecule has 1 heterocycles. The number of anilines is 1. The molecule has 94 valence electrons. The van der Waals surface area contributed by atoms with Gasteiger partial charge in [0.1, 0.15) is 0 Å². The molecule has 0 spiro atoms. The van der Waals surface area contributed by atoms with Crippen LogP contribution >= 0.6 is 59.4 Å². The number of hydrogen-bond donors (Lipinski definition) is 1. The SMILES string of the molecule is O=C(Nc1c(Br)cc(Cl)cc1Br)c1ccoc1Br. The number of carbonyl (C=O) groups is 1. The zero-order valence-corrected chi connectivity index (χ0v) is 14.2. The summed E-state index contributed by atoms with van der Waals surface area (Å²) in [5, 5.41) is 3.33. The van der Waals surface area contributed by atoms with Crippen LogP contribution in [0.5, 0.6) is 0 Å². The molecule has 2 rings (SSSR count). The van der Waals surface area contributed by atoms with Crippen LogP contribution in [-0.2, 0) is 0 Å². The first-order valence-electron chi connectivity index (χ1n) is 4.68. The highest BCUT2D eigenvalue weighted by atomic mass is 79.9. The summed E-state index contributed by atoms with van der Waals surface area (Å²) in [6, 6.07) is 4.98. The van der Waals surface area contributed by atoms with Gasteiger partial charge in [0.2, 0.25) is 0 Å². The topological polar surface area (TPSA) is 42.2 Å². The largest absolute Gasteiger partial charge is 0.457 e. The second-order valence-electron chi connectivity index (χ2n) is 3.31. The molecule has 0 unspecified atom stereocenters. The number of benzene rings is 1. The second kappa shape index (κ2) is 5.77. The average Bonchev–Trinajstić information content (AvgIpc) is 2.69. The highest BCUT2D eigenvalue weighted by molar-refractivity contribution is 9.11. The van der Waals surface area contributed by atoms with Crippen molar-refractivity contribution < 1.29 is 9.21 Å². The molecular weight excluding hydrogens is 453 g/mol. The van der Waals surface area contributed by atoms with Gasteiger partial charge in [-0.15, -0.1) is 0 Å². The van der Waals surface area contributed by atoms with E-state index in [0.29, 0.717) is 29.9 Å². The average molecular weight is 458 g/mol. The molecule has 0 saturated carbocycles. The number of furan rings is 1. The molecule has 1 N–H and O–H groups in total. The van der Waals surface area contributed by atoms with Crippen LogP contribution in [0.1, 0.15) is 10.4 Å². The smallest absolute Gasteiger partial charge is 0.260 e. The summed E-state index contributed by atoms with van der Waals surface area (Å²) in [5.41, 5.74) is 1.03. The van der Waals surface area contributed by atoms with Crippen LogP contribution in [0.15, 0.2) is 42.5 Å². The van der Waals surface area contributed by atoms with Gasteiger partial charge in [-0.25, -0.2) is 0 Å². The summed E-state index contributed by atoms with van der Waals surface area (Å²) in [5.74, 6) is -0.278. The van der Waals surface area contributed by atoms with Gasteiger partial charge in [0.25, 0.3) is 5.91 Å². The van der Waals surface area contributed by atoms with Crippen molar-refractivity contribution in [2.75, 3.05) is 5.32 Å². The van der Waals surface area contributed by atoms with Gasteiger partial charge in [-0.2, -0.15) is 0 Å². The molecule has 1 aromatic carbocycles. The van der Waals surface area contributed by atoms with Crippen molar-refractivity contribution in [3.05, 3.63) is 48.7 Å². The molecule has 1 amide bonds. The summed E-state index contributed by atoms with van der Waals surface area (Å²) in [4.78, 5) is 12.0. The van der Waals surface area contributed by atoms with Crippen molar-refractivity contribution in [1.82, 2.24) is 0 Å². The molecule has 0 aliphatic carbocycles. The second-order valence-corrected chi connectivity index (χ2v) is 6.17. The molecule has 0 atom stereocenters. The lowest BCUT2D eigenvalue weighted by molar-refractivity contribution is 0.102. The summed E-state index contributed by atoms with van der Waals surface area (Å²) < 4.78 is 6.78. The molecule has 0 bridgehead atoms. The first-order chi connectivity index (χ1) is 8.49. The predicted molar refractivity (Wildman–Crippen MR) is 81.2 cm³/mol. The lowest BCUT2D eigenvalue weighted by atomic mass is 10.3. The number of nitrogens with one attached hydrogen (secondary N) is 1. The zero-order chi connectivity index (χ0) is 13.3. The van der Waals surface area contributed by atoms with E-state index in [1.54, 1.807) is 18.2 Å². The first kappa shape index (κ1) is 14.1. The number of hydrogen-bond acceptors (Lipinski definition) is 2. The maximum Gasteiger partial charge on any atom is 0.260 e. The molecule has 0 aliphatic rings. The van der Waals surface area contributed by atoms with E-state index in [4.69, 9.17) is 16.0 Å². The van der Waals surface area contributed by atoms with E-state index in [9.17, 15) is 4.79 Å². The molecule has 3 nitrogen and oxygen atoms in total. The molecule has 0 fully saturated rings. The molecular formula is C11H5Br3ClNO2. The number of amides is 1. The molecule has 1 aromatic heterocycles. The van der Waals surface area contributed by atoms with Gasteiger partial charge in [0, 0.05) is 14.0 Å². The fourth-order valence-electron chi connectivity index (χ4n) is 1.30. The Kier molecular flexibility index (Phi) is 4.53. The van der Waals surface area contributed by atoms with E-state index < -0.39 is 0 Å². The third-order valence-corrected chi connectivity index (χ3v) is 4.19. The Balaban J connectivity index is 2.31. The highest BCUT2D eigenvalue weighted by Crippen LogP contribution is 2.34. The predicted octanol–water partition coefficient (Wildman–Crippen LogP) is 5.47. The van der Waals surface area contributed by atoms with Crippen LogP contribution in [-0.4, -0.2) is 5.91 Å². The van der Waals surface area contributed by atoms with Crippen LogP contribution in [0.4, 0.5) is 5.69 Å². The lowest BCUT2D eigenvalue weighted by Gasteiger charge is -2.09. The minimum absolute atomic E-state index is 0.278. The number of halogens is 4. The van der Waals surface area contributed by atoms with E-state index in [-0.39, 0.29) is 5.91 Å². The van der Waals surface area contributed by atoms with Gasteiger partial charge in [-0.3, -0.25) is 4.79 Å². The Morgan fingerprint density at radius 3 is 2.33 bits per heavy atom. The molecule has 0 saturated heterocycles. The maximum atomic E-state index is 12.0. The van der Waals surface area contributed by atoms with Gasteiger partial charge >= 0.3 is 0 Å². The van der Waals surface area contributed by atoms with Crippen molar-refractivity contribution >= 4 is 71.0 Å². The van der Waals surface area contributed by atoms with Crippen molar-refractivity contribution in [2.24, 2.45) is 0 Å². The summed E-state index contributed by atoms with van der Waals surface area (Å²) >= 11 is 15.7. The van der Waals surface area contributed by atoms with E-state index in [1.165, 1.54) is 6.26 Å². The van der Waals surface area contributed by atoms with Gasteiger partial charge in [0.15, 0.2) is 4.67 Å². The molecule has 0 aliphatic heterocycles. The van der Waals surface area contributed by atoms with Crippen molar-refractivity contribution in [2.45, 2.75) is 0 Å². The molecule has 0 radical (unpaired) electrons. The highest BCUT2D eigenvalue weighted by Gasteiger charge is 2.16. The zero-order valence-electron chi connectivity index (χ0n) is 8.64. The fraction of sp³-hybridized carbons (Fsp3) is 0.